The van der Waals surface area contributed by atoms with E-state index in [1.165, 1.54) is 6.07 Å². The smallest absolute Gasteiger partial charge is 0.160 e. The molecule has 0 radical (unpaired) electrons. The molecule has 1 aromatic carbocycles. The van der Waals surface area contributed by atoms with E-state index in [1.54, 1.807) is 0 Å². The highest BCUT2D eigenvalue weighted by Gasteiger charge is 2.45. The van der Waals surface area contributed by atoms with Crippen LogP contribution in [-0.4, -0.2) is 31.4 Å². The molecule has 1 aliphatic heterocycles. The fourth-order valence-corrected chi connectivity index (χ4v) is 2.36. The summed E-state index contributed by atoms with van der Waals surface area (Å²) in [7, 11) is 0. The highest BCUT2D eigenvalue weighted by Crippen LogP contribution is 2.49. The second-order valence-electron chi connectivity index (χ2n) is 4.91. The molecule has 1 aliphatic carbocycles. The third-order valence-corrected chi connectivity index (χ3v) is 3.62. The zero-order chi connectivity index (χ0) is 12.8. The van der Waals surface area contributed by atoms with E-state index in [9.17, 15) is 13.9 Å². The van der Waals surface area contributed by atoms with Crippen LogP contribution in [0.25, 0.3) is 0 Å². The van der Waals surface area contributed by atoms with Crippen LogP contribution in [0.15, 0.2) is 12.1 Å². The summed E-state index contributed by atoms with van der Waals surface area (Å²) in [5.74, 6) is -1.77. The van der Waals surface area contributed by atoms with E-state index in [0.717, 1.165) is 6.07 Å². The summed E-state index contributed by atoms with van der Waals surface area (Å²) >= 11 is 0. The van der Waals surface area contributed by atoms with Gasteiger partial charge in [-0.15, -0.1) is 0 Å². The van der Waals surface area contributed by atoms with Gasteiger partial charge in [0.05, 0.1) is 18.8 Å². The minimum atomic E-state index is -0.970. The number of aliphatic hydroxyl groups is 1. The van der Waals surface area contributed by atoms with Crippen molar-refractivity contribution >= 4 is 5.69 Å². The van der Waals surface area contributed by atoms with Gasteiger partial charge in [0.15, 0.2) is 11.6 Å². The number of benzene rings is 1. The molecule has 5 heteroatoms. The van der Waals surface area contributed by atoms with E-state index in [4.69, 9.17) is 4.74 Å². The Bertz CT molecular complexity index is 468. The van der Waals surface area contributed by atoms with Crippen LogP contribution in [0.5, 0.6) is 0 Å². The summed E-state index contributed by atoms with van der Waals surface area (Å²) in [4.78, 5) is 1.94. The van der Waals surface area contributed by atoms with E-state index in [2.05, 4.69) is 0 Å². The topological polar surface area (TPSA) is 32.7 Å². The van der Waals surface area contributed by atoms with Gasteiger partial charge in [0.25, 0.3) is 0 Å². The van der Waals surface area contributed by atoms with E-state index in [1.807, 2.05) is 4.90 Å². The normalized spacial score (nSPS) is 22.1. The predicted molar refractivity (Wildman–Crippen MR) is 62.5 cm³/mol. The van der Waals surface area contributed by atoms with E-state index in [0.29, 0.717) is 50.4 Å². The molecule has 1 saturated heterocycles. The average molecular weight is 255 g/mol. The summed E-state index contributed by atoms with van der Waals surface area (Å²) < 4.78 is 32.0. The van der Waals surface area contributed by atoms with Gasteiger partial charge in [0.1, 0.15) is 0 Å². The van der Waals surface area contributed by atoms with Crippen molar-refractivity contribution in [3.05, 3.63) is 29.3 Å². The number of nitrogens with zero attached hydrogens (tertiary/aromatic N) is 1. The standard InChI is InChI=1S/C13H15F2NO2/c14-10-7-9(13(17)1-2-13)12(8-11(10)15)16-3-5-18-6-4-16/h7-8,17H,1-6H2. The predicted octanol–water partition coefficient (Wildman–Crippen LogP) is 1.78. The third-order valence-electron chi connectivity index (χ3n) is 3.62. The Labute approximate surface area is 104 Å². The number of anilines is 1. The lowest BCUT2D eigenvalue weighted by molar-refractivity contribution is 0.121. The van der Waals surface area contributed by atoms with E-state index < -0.39 is 17.2 Å². The van der Waals surface area contributed by atoms with Gasteiger partial charge in [-0.3, -0.25) is 0 Å². The Morgan fingerprint density at radius 2 is 1.72 bits per heavy atom. The lowest BCUT2D eigenvalue weighted by Crippen LogP contribution is -2.37. The molecular formula is C13H15F2NO2. The summed E-state index contributed by atoms with van der Waals surface area (Å²) in [6, 6.07) is 2.32. The summed E-state index contributed by atoms with van der Waals surface area (Å²) in [6.07, 6.45) is 1.21. The third kappa shape index (κ3) is 1.97. The average Bonchev–Trinajstić information content (AvgIpc) is 3.12. The van der Waals surface area contributed by atoms with Gasteiger partial charge < -0.3 is 14.7 Å². The lowest BCUT2D eigenvalue weighted by Gasteiger charge is -2.31. The summed E-state index contributed by atoms with van der Waals surface area (Å²) in [5.41, 5.74) is 0.128. The SMILES string of the molecule is OC1(c2cc(F)c(F)cc2N2CCOCC2)CC1. The molecule has 1 aromatic rings. The molecule has 0 amide bonds. The van der Waals surface area contributed by atoms with E-state index >= 15 is 0 Å². The Hall–Kier alpha value is -1.20. The van der Waals surface area contributed by atoms with Crippen LogP contribution >= 0.6 is 0 Å². The highest BCUT2D eigenvalue weighted by atomic mass is 19.2. The summed E-state index contributed by atoms with van der Waals surface area (Å²) in [5, 5.41) is 10.2. The Kier molecular flexibility index (Phi) is 2.75. The van der Waals surface area contributed by atoms with Gasteiger partial charge in [0.2, 0.25) is 0 Å². The monoisotopic (exact) mass is 255 g/mol. The fourth-order valence-electron chi connectivity index (χ4n) is 2.36. The lowest BCUT2D eigenvalue weighted by atomic mass is 10.0. The second-order valence-corrected chi connectivity index (χ2v) is 4.91. The largest absolute Gasteiger partial charge is 0.385 e. The molecule has 0 bridgehead atoms. The molecule has 1 heterocycles. The molecule has 98 valence electrons. The number of hydrogen-bond donors (Lipinski definition) is 1. The van der Waals surface area contributed by atoms with Crippen molar-refractivity contribution in [3.8, 4) is 0 Å². The second kappa shape index (κ2) is 4.17. The Morgan fingerprint density at radius 1 is 1.11 bits per heavy atom. The zero-order valence-corrected chi connectivity index (χ0v) is 9.96. The van der Waals surface area contributed by atoms with Crippen molar-refractivity contribution in [2.24, 2.45) is 0 Å². The molecule has 0 unspecified atom stereocenters. The first-order valence-corrected chi connectivity index (χ1v) is 6.15. The Morgan fingerprint density at radius 3 is 2.33 bits per heavy atom. The zero-order valence-electron chi connectivity index (χ0n) is 9.96. The molecule has 3 rings (SSSR count). The van der Waals surface area contributed by atoms with Crippen LogP contribution in [0.2, 0.25) is 0 Å². The van der Waals surface area contributed by atoms with Crippen molar-refractivity contribution in [3.63, 3.8) is 0 Å². The molecule has 0 spiro atoms. The van der Waals surface area contributed by atoms with Crippen molar-refractivity contribution in [2.75, 3.05) is 31.2 Å². The van der Waals surface area contributed by atoms with Crippen LogP contribution in [0.1, 0.15) is 18.4 Å². The quantitative estimate of drug-likeness (QED) is 0.874. The molecule has 0 atom stereocenters. The first-order valence-electron chi connectivity index (χ1n) is 6.15. The van der Waals surface area contributed by atoms with Crippen molar-refractivity contribution in [1.82, 2.24) is 0 Å². The molecule has 2 fully saturated rings. The molecule has 0 aromatic heterocycles. The maximum atomic E-state index is 13.4. The van der Waals surface area contributed by atoms with Gasteiger partial charge in [-0.1, -0.05) is 0 Å². The first kappa shape index (κ1) is 11.9. The van der Waals surface area contributed by atoms with Gasteiger partial charge in [-0.2, -0.15) is 0 Å². The highest BCUT2D eigenvalue weighted by molar-refractivity contribution is 5.58. The number of rotatable bonds is 2. The van der Waals surface area contributed by atoms with Gasteiger partial charge in [-0.05, 0) is 18.9 Å². The molecular weight excluding hydrogens is 240 g/mol. The molecule has 2 aliphatic rings. The van der Waals surface area contributed by atoms with Crippen LogP contribution in [-0.2, 0) is 10.3 Å². The van der Waals surface area contributed by atoms with Gasteiger partial charge in [-0.25, -0.2) is 8.78 Å². The maximum Gasteiger partial charge on any atom is 0.160 e. The Balaban J connectivity index is 2.02. The van der Waals surface area contributed by atoms with Crippen LogP contribution in [0.3, 0.4) is 0 Å². The maximum absolute atomic E-state index is 13.4. The van der Waals surface area contributed by atoms with Crippen LogP contribution in [0.4, 0.5) is 14.5 Å². The van der Waals surface area contributed by atoms with Crippen molar-refractivity contribution < 1.29 is 18.6 Å². The van der Waals surface area contributed by atoms with Crippen LogP contribution in [0, 0.1) is 11.6 Å². The van der Waals surface area contributed by atoms with Crippen molar-refractivity contribution in [2.45, 2.75) is 18.4 Å². The van der Waals surface area contributed by atoms with Gasteiger partial charge >= 0.3 is 0 Å². The van der Waals surface area contributed by atoms with Crippen molar-refractivity contribution in [1.29, 1.82) is 0 Å². The molecule has 1 saturated carbocycles. The number of halogens is 2. The number of hydrogen-bond acceptors (Lipinski definition) is 3. The minimum absolute atomic E-state index is 0.503. The number of ether oxygens (including phenoxy) is 1. The van der Waals surface area contributed by atoms with Gasteiger partial charge in [0, 0.05) is 30.4 Å². The minimum Gasteiger partial charge on any atom is -0.385 e. The first-order chi connectivity index (χ1) is 8.60. The summed E-state index contributed by atoms with van der Waals surface area (Å²) in [6.45, 7) is 2.40. The number of morpholine rings is 1. The molecule has 18 heavy (non-hydrogen) atoms. The van der Waals surface area contributed by atoms with Crippen LogP contribution < -0.4 is 4.90 Å². The molecule has 1 N–H and O–H groups in total. The molecule has 3 nitrogen and oxygen atoms in total. The van der Waals surface area contributed by atoms with E-state index in [-0.39, 0.29) is 0 Å². The fraction of sp³-hybridized carbons (Fsp3) is 0.538.